The first-order valence-corrected chi connectivity index (χ1v) is 9.26. The Kier molecular flexibility index (Phi) is 6.09. The highest BCUT2D eigenvalue weighted by molar-refractivity contribution is 6.30. The molecule has 138 valence electrons. The normalized spacial score (nSPS) is 10.5. The van der Waals surface area contributed by atoms with Gasteiger partial charge in [-0.1, -0.05) is 48.0 Å². The first-order valence-electron chi connectivity index (χ1n) is 8.88. The first-order chi connectivity index (χ1) is 13.1. The van der Waals surface area contributed by atoms with Gasteiger partial charge in [-0.2, -0.15) is 0 Å². The number of carbonyl (C=O) groups is 1. The number of nitrogens with zero attached hydrogens (tertiary/aromatic N) is 2. The summed E-state index contributed by atoms with van der Waals surface area (Å²) in [5, 5.41) is 3.95. The molecule has 2 aromatic carbocycles. The van der Waals surface area contributed by atoms with Crippen molar-refractivity contribution in [2.75, 3.05) is 11.9 Å². The molecule has 0 radical (unpaired) electrons. The van der Waals surface area contributed by atoms with Crippen LogP contribution in [-0.2, 0) is 6.54 Å². The van der Waals surface area contributed by atoms with Crippen molar-refractivity contribution in [3.8, 4) is 0 Å². The van der Waals surface area contributed by atoms with Crippen molar-refractivity contribution in [1.82, 2.24) is 9.88 Å². The minimum absolute atomic E-state index is 0.0414. The van der Waals surface area contributed by atoms with Gasteiger partial charge in [0.1, 0.15) is 0 Å². The van der Waals surface area contributed by atoms with Gasteiger partial charge in [0.25, 0.3) is 5.91 Å². The number of pyridine rings is 1. The Labute approximate surface area is 164 Å². The fraction of sp³-hybridized carbons (Fsp3) is 0.182. The van der Waals surface area contributed by atoms with E-state index in [1.54, 1.807) is 17.3 Å². The Bertz CT molecular complexity index is 928. The lowest BCUT2D eigenvalue weighted by Crippen LogP contribution is -2.30. The molecule has 1 amide bonds. The quantitative estimate of drug-likeness (QED) is 0.619. The van der Waals surface area contributed by atoms with E-state index in [4.69, 9.17) is 11.6 Å². The highest BCUT2D eigenvalue weighted by Gasteiger charge is 2.15. The molecule has 0 aliphatic heterocycles. The molecule has 0 fully saturated rings. The van der Waals surface area contributed by atoms with Crippen LogP contribution in [0.25, 0.3) is 0 Å². The van der Waals surface area contributed by atoms with E-state index in [2.05, 4.69) is 10.3 Å². The van der Waals surface area contributed by atoms with Crippen LogP contribution in [0.1, 0.15) is 28.4 Å². The maximum atomic E-state index is 12.9. The van der Waals surface area contributed by atoms with Crippen molar-refractivity contribution in [3.63, 3.8) is 0 Å². The molecule has 0 aliphatic rings. The first kappa shape index (κ1) is 18.9. The number of aryl methyl sites for hydroxylation is 1. The highest BCUT2D eigenvalue weighted by Crippen LogP contribution is 2.24. The van der Waals surface area contributed by atoms with Crippen LogP contribution in [0.3, 0.4) is 0 Å². The summed E-state index contributed by atoms with van der Waals surface area (Å²) in [4.78, 5) is 19.0. The van der Waals surface area contributed by atoms with E-state index in [1.807, 2.05) is 68.4 Å². The van der Waals surface area contributed by atoms with Gasteiger partial charge in [0.05, 0.1) is 17.4 Å². The number of amides is 1. The maximum Gasteiger partial charge on any atom is 0.255 e. The summed E-state index contributed by atoms with van der Waals surface area (Å²) in [6, 6.07) is 17.5. The van der Waals surface area contributed by atoms with Gasteiger partial charge in [-0.25, -0.2) is 0 Å². The Morgan fingerprint density at radius 3 is 2.63 bits per heavy atom. The summed E-state index contributed by atoms with van der Waals surface area (Å²) in [5.74, 6) is -0.0414. The van der Waals surface area contributed by atoms with E-state index in [0.29, 0.717) is 23.7 Å². The molecule has 27 heavy (non-hydrogen) atoms. The third kappa shape index (κ3) is 4.86. The van der Waals surface area contributed by atoms with E-state index in [9.17, 15) is 4.79 Å². The molecule has 1 N–H and O–H groups in total. The SMILES string of the molecule is CCN(Cc1ccccc1)C(=O)c1cncc(Nc2cc(Cl)ccc2C)c1. The molecular weight excluding hydrogens is 358 g/mol. The third-order valence-electron chi connectivity index (χ3n) is 4.35. The summed E-state index contributed by atoms with van der Waals surface area (Å²) in [6.07, 6.45) is 3.30. The van der Waals surface area contributed by atoms with Crippen molar-refractivity contribution in [2.45, 2.75) is 20.4 Å². The van der Waals surface area contributed by atoms with Gasteiger partial charge in [-0.05, 0) is 43.2 Å². The average molecular weight is 380 g/mol. The number of carbonyl (C=O) groups excluding carboxylic acids is 1. The van der Waals surface area contributed by atoms with Crippen LogP contribution in [0.4, 0.5) is 11.4 Å². The minimum Gasteiger partial charge on any atom is -0.354 e. The molecular formula is C22H22ClN3O. The summed E-state index contributed by atoms with van der Waals surface area (Å²) in [6.45, 7) is 5.17. The summed E-state index contributed by atoms with van der Waals surface area (Å²) in [5.41, 5.74) is 4.37. The molecule has 4 nitrogen and oxygen atoms in total. The lowest BCUT2D eigenvalue weighted by atomic mass is 10.1. The second-order valence-corrected chi connectivity index (χ2v) is 6.79. The molecule has 1 heterocycles. The molecule has 0 unspecified atom stereocenters. The second-order valence-electron chi connectivity index (χ2n) is 6.35. The van der Waals surface area contributed by atoms with Crippen LogP contribution < -0.4 is 5.32 Å². The van der Waals surface area contributed by atoms with Crippen molar-refractivity contribution < 1.29 is 4.79 Å². The van der Waals surface area contributed by atoms with Gasteiger partial charge < -0.3 is 10.2 Å². The summed E-state index contributed by atoms with van der Waals surface area (Å²) < 4.78 is 0. The molecule has 0 aliphatic carbocycles. The lowest BCUT2D eigenvalue weighted by Gasteiger charge is -2.21. The maximum absolute atomic E-state index is 12.9. The van der Waals surface area contributed by atoms with Gasteiger partial charge in [0.15, 0.2) is 0 Å². The zero-order chi connectivity index (χ0) is 19.2. The van der Waals surface area contributed by atoms with Crippen molar-refractivity contribution in [1.29, 1.82) is 0 Å². The summed E-state index contributed by atoms with van der Waals surface area (Å²) >= 11 is 6.09. The third-order valence-corrected chi connectivity index (χ3v) is 4.58. The van der Waals surface area contributed by atoms with Gasteiger partial charge in [-0.15, -0.1) is 0 Å². The van der Waals surface area contributed by atoms with Crippen molar-refractivity contribution >= 4 is 28.9 Å². The Balaban J connectivity index is 1.79. The number of anilines is 2. The molecule has 5 heteroatoms. The van der Waals surface area contributed by atoms with Crippen LogP contribution in [0.5, 0.6) is 0 Å². The van der Waals surface area contributed by atoms with Gasteiger partial charge >= 0.3 is 0 Å². The van der Waals surface area contributed by atoms with E-state index in [1.165, 1.54) is 0 Å². The zero-order valence-corrected chi connectivity index (χ0v) is 16.2. The molecule has 3 rings (SSSR count). The van der Waals surface area contributed by atoms with Crippen LogP contribution in [-0.4, -0.2) is 22.3 Å². The molecule has 1 aromatic heterocycles. The smallest absolute Gasteiger partial charge is 0.255 e. The minimum atomic E-state index is -0.0414. The molecule has 0 saturated carbocycles. The van der Waals surface area contributed by atoms with E-state index in [0.717, 1.165) is 22.5 Å². The monoisotopic (exact) mass is 379 g/mol. The topological polar surface area (TPSA) is 45.2 Å². The highest BCUT2D eigenvalue weighted by atomic mass is 35.5. The van der Waals surface area contributed by atoms with Crippen molar-refractivity contribution in [2.24, 2.45) is 0 Å². The number of halogens is 1. The van der Waals surface area contributed by atoms with E-state index >= 15 is 0 Å². The predicted octanol–water partition coefficient (Wildman–Crippen LogP) is 5.45. The molecule has 0 atom stereocenters. The Morgan fingerprint density at radius 2 is 1.89 bits per heavy atom. The van der Waals surface area contributed by atoms with E-state index in [-0.39, 0.29) is 5.91 Å². The fourth-order valence-electron chi connectivity index (χ4n) is 2.82. The Morgan fingerprint density at radius 1 is 1.11 bits per heavy atom. The number of hydrogen-bond acceptors (Lipinski definition) is 3. The average Bonchev–Trinajstić information content (AvgIpc) is 2.69. The Hall–Kier alpha value is -2.85. The van der Waals surface area contributed by atoms with Gasteiger partial charge in [-0.3, -0.25) is 9.78 Å². The molecule has 3 aromatic rings. The number of hydrogen-bond donors (Lipinski definition) is 1. The largest absolute Gasteiger partial charge is 0.354 e. The van der Waals surface area contributed by atoms with Crippen LogP contribution in [0, 0.1) is 6.92 Å². The predicted molar refractivity (Wildman–Crippen MR) is 111 cm³/mol. The van der Waals surface area contributed by atoms with Crippen LogP contribution in [0.15, 0.2) is 67.0 Å². The van der Waals surface area contributed by atoms with Gasteiger partial charge in [0, 0.05) is 30.0 Å². The standard InChI is InChI=1S/C22H22ClN3O/c1-3-26(15-17-7-5-4-6-8-17)22(27)18-11-20(14-24-13-18)25-21-12-19(23)10-9-16(21)2/h4-14,25H,3,15H2,1-2H3. The lowest BCUT2D eigenvalue weighted by molar-refractivity contribution is 0.0752. The van der Waals surface area contributed by atoms with Gasteiger partial charge in [0.2, 0.25) is 0 Å². The fourth-order valence-corrected chi connectivity index (χ4v) is 3.00. The summed E-state index contributed by atoms with van der Waals surface area (Å²) in [7, 11) is 0. The van der Waals surface area contributed by atoms with E-state index < -0.39 is 0 Å². The van der Waals surface area contributed by atoms with Crippen molar-refractivity contribution in [3.05, 3.63) is 88.7 Å². The molecule has 0 spiro atoms. The second kappa shape index (κ2) is 8.69. The van der Waals surface area contributed by atoms with Crippen LogP contribution >= 0.6 is 11.6 Å². The number of rotatable bonds is 6. The molecule has 0 saturated heterocycles. The number of aromatic nitrogens is 1. The van der Waals surface area contributed by atoms with Crippen LogP contribution in [0.2, 0.25) is 5.02 Å². The number of nitrogens with one attached hydrogen (secondary N) is 1. The zero-order valence-electron chi connectivity index (χ0n) is 15.4. The molecule has 0 bridgehead atoms. The number of benzene rings is 2.